The van der Waals surface area contributed by atoms with Gasteiger partial charge in [0, 0.05) is 23.9 Å². The number of hydrogen-bond acceptors (Lipinski definition) is 4. The molecule has 0 unspecified atom stereocenters. The minimum absolute atomic E-state index is 0.0625. The summed E-state index contributed by atoms with van der Waals surface area (Å²) in [6.07, 6.45) is -0.745. The van der Waals surface area contributed by atoms with Crippen LogP contribution in [0.25, 0.3) is 0 Å². The van der Waals surface area contributed by atoms with Crippen LogP contribution in [0.2, 0.25) is 0 Å². The largest absolute Gasteiger partial charge is 0.465 e. The van der Waals surface area contributed by atoms with Crippen molar-refractivity contribution in [2.75, 3.05) is 20.2 Å². The zero-order chi connectivity index (χ0) is 17.0. The normalized spacial score (nSPS) is 35.5. The van der Waals surface area contributed by atoms with E-state index in [1.54, 1.807) is 6.92 Å². The molecule has 1 aromatic carbocycles. The number of fused-ring (bicyclic) bond motifs is 3. The van der Waals surface area contributed by atoms with Gasteiger partial charge in [-0.15, -0.1) is 0 Å². The summed E-state index contributed by atoms with van der Waals surface area (Å²) in [6, 6.07) is 8.48. The second-order valence-electron chi connectivity index (χ2n) is 7.78. The number of likely N-dealkylation sites (tertiary alicyclic amines) is 1. The van der Waals surface area contributed by atoms with Gasteiger partial charge in [0.15, 0.2) is 0 Å². The standard InChI is InChI=1S/C19H27NO3/c1-6-23-17(22)19(4)11-20(5)15-14(16(19)21)12-9-7-8-10-13(12)18(15,2)3/h7-10,14-16,21H,6,11H2,1-5H3/t14-,15-,16-,19-/m0/s1. The first kappa shape index (κ1) is 16.5. The number of hydrogen-bond donors (Lipinski definition) is 1. The minimum atomic E-state index is -0.903. The number of aliphatic hydroxyl groups is 1. The number of rotatable bonds is 2. The van der Waals surface area contributed by atoms with Crippen LogP contribution in [-0.2, 0) is 14.9 Å². The molecule has 1 fully saturated rings. The highest BCUT2D eigenvalue weighted by atomic mass is 16.5. The van der Waals surface area contributed by atoms with Crippen LogP contribution in [0.5, 0.6) is 0 Å². The predicted molar refractivity (Wildman–Crippen MR) is 89.4 cm³/mol. The van der Waals surface area contributed by atoms with Gasteiger partial charge in [-0.25, -0.2) is 0 Å². The number of aliphatic hydroxyl groups excluding tert-OH is 1. The van der Waals surface area contributed by atoms with Gasteiger partial charge in [-0.1, -0.05) is 38.1 Å². The lowest BCUT2D eigenvalue weighted by molar-refractivity contribution is -0.172. The van der Waals surface area contributed by atoms with Crippen molar-refractivity contribution in [2.24, 2.45) is 5.41 Å². The van der Waals surface area contributed by atoms with E-state index in [9.17, 15) is 9.90 Å². The Bertz CT molecular complexity index is 627. The van der Waals surface area contributed by atoms with Crippen LogP contribution in [0.4, 0.5) is 0 Å². The van der Waals surface area contributed by atoms with Gasteiger partial charge in [-0.3, -0.25) is 4.79 Å². The Labute approximate surface area is 138 Å². The molecule has 4 atom stereocenters. The summed E-state index contributed by atoms with van der Waals surface area (Å²) >= 11 is 0. The van der Waals surface area contributed by atoms with Gasteiger partial charge in [0.05, 0.1) is 12.7 Å². The quantitative estimate of drug-likeness (QED) is 0.851. The smallest absolute Gasteiger partial charge is 0.315 e. The number of carbonyl (C=O) groups excluding carboxylic acids is 1. The third-order valence-electron chi connectivity index (χ3n) is 5.88. The van der Waals surface area contributed by atoms with Crippen molar-refractivity contribution < 1.29 is 14.6 Å². The van der Waals surface area contributed by atoms with Crippen LogP contribution in [0.15, 0.2) is 24.3 Å². The van der Waals surface area contributed by atoms with E-state index in [0.717, 1.165) is 5.56 Å². The van der Waals surface area contributed by atoms with Crippen LogP contribution in [0, 0.1) is 5.41 Å². The van der Waals surface area contributed by atoms with E-state index in [1.165, 1.54) is 5.56 Å². The van der Waals surface area contributed by atoms with Crippen molar-refractivity contribution >= 4 is 5.97 Å². The molecule has 1 aromatic rings. The topological polar surface area (TPSA) is 49.8 Å². The molecule has 126 valence electrons. The molecule has 2 aliphatic rings. The average molecular weight is 317 g/mol. The van der Waals surface area contributed by atoms with E-state index in [4.69, 9.17) is 4.74 Å². The molecule has 1 N–H and O–H groups in total. The lowest BCUT2D eigenvalue weighted by Crippen LogP contribution is -2.63. The lowest BCUT2D eigenvalue weighted by Gasteiger charge is -2.51. The Balaban J connectivity index is 2.09. The zero-order valence-corrected chi connectivity index (χ0v) is 14.7. The second kappa shape index (κ2) is 5.32. The van der Waals surface area contributed by atoms with E-state index in [0.29, 0.717) is 13.2 Å². The maximum atomic E-state index is 12.5. The molecule has 0 amide bonds. The number of nitrogens with zero attached hydrogens (tertiary/aromatic N) is 1. The molecule has 0 radical (unpaired) electrons. The monoisotopic (exact) mass is 317 g/mol. The summed E-state index contributed by atoms with van der Waals surface area (Å²) in [5.74, 6) is -0.380. The van der Waals surface area contributed by atoms with E-state index in [-0.39, 0.29) is 23.3 Å². The van der Waals surface area contributed by atoms with Gasteiger partial charge < -0.3 is 14.7 Å². The van der Waals surface area contributed by atoms with Gasteiger partial charge in [-0.2, -0.15) is 0 Å². The van der Waals surface area contributed by atoms with Crippen LogP contribution >= 0.6 is 0 Å². The first-order valence-corrected chi connectivity index (χ1v) is 8.40. The molecular weight excluding hydrogens is 290 g/mol. The summed E-state index contributed by atoms with van der Waals surface area (Å²) in [5.41, 5.74) is 1.47. The Morgan fingerprint density at radius 2 is 2.00 bits per heavy atom. The first-order chi connectivity index (χ1) is 10.7. The average Bonchev–Trinajstić information content (AvgIpc) is 2.74. The Kier molecular flexibility index (Phi) is 3.81. The van der Waals surface area contributed by atoms with Crippen molar-refractivity contribution in [1.82, 2.24) is 4.90 Å². The molecule has 0 aromatic heterocycles. The van der Waals surface area contributed by atoms with Crippen molar-refractivity contribution in [3.63, 3.8) is 0 Å². The molecule has 0 saturated carbocycles. The predicted octanol–water partition coefficient (Wildman–Crippen LogP) is 2.31. The molecule has 0 bridgehead atoms. The highest BCUT2D eigenvalue weighted by Gasteiger charge is 2.60. The van der Waals surface area contributed by atoms with Gasteiger partial charge in [0.25, 0.3) is 0 Å². The summed E-state index contributed by atoms with van der Waals surface area (Å²) < 4.78 is 5.27. The third kappa shape index (κ3) is 2.15. The number of ether oxygens (including phenoxy) is 1. The number of carbonyl (C=O) groups is 1. The van der Waals surface area contributed by atoms with Gasteiger partial charge in [0.1, 0.15) is 5.41 Å². The van der Waals surface area contributed by atoms with Crippen LogP contribution in [0.1, 0.15) is 44.7 Å². The van der Waals surface area contributed by atoms with E-state index in [2.05, 4.69) is 44.0 Å². The summed E-state index contributed by atoms with van der Waals surface area (Å²) in [5, 5.41) is 11.2. The zero-order valence-electron chi connectivity index (χ0n) is 14.7. The third-order valence-corrected chi connectivity index (χ3v) is 5.88. The van der Waals surface area contributed by atoms with Gasteiger partial charge in [-0.05, 0) is 32.0 Å². The molecule has 0 spiro atoms. The van der Waals surface area contributed by atoms with Crippen LogP contribution < -0.4 is 0 Å². The highest BCUT2D eigenvalue weighted by molar-refractivity contribution is 5.78. The minimum Gasteiger partial charge on any atom is -0.465 e. The molecule has 4 heteroatoms. The second-order valence-corrected chi connectivity index (χ2v) is 7.78. The fourth-order valence-electron chi connectivity index (χ4n) is 4.91. The first-order valence-electron chi connectivity index (χ1n) is 8.40. The van der Waals surface area contributed by atoms with Gasteiger partial charge in [0.2, 0.25) is 0 Å². The summed E-state index contributed by atoms with van der Waals surface area (Å²) in [7, 11) is 2.05. The van der Waals surface area contributed by atoms with Crippen molar-refractivity contribution in [1.29, 1.82) is 0 Å². The number of benzene rings is 1. The summed E-state index contributed by atoms with van der Waals surface area (Å²) in [6.45, 7) is 8.93. The van der Waals surface area contributed by atoms with Crippen molar-refractivity contribution in [2.45, 2.75) is 51.2 Å². The number of esters is 1. The van der Waals surface area contributed by atoms with Gasteiger partial charge >= 0.3 is 5.97 Å². The Hall–Kier alpha value is -1.39. The fraction of sp³-hybridized carbons (Fsp3) is 0.632. The molecule has 1 saturated heterocycles. The van der Waals surface area contributed by atoms with Crippen LogP contribution in [0.3, 0.4) is 0 Å². The summed E-state index contributed by atoms with van der Waals surface area (Å²) in [4.78, 5) is 14.8. The van der Waals surface area contributed by atoms with Crippen molar-refractivity contribution in [3.05, 3.63) is 35.4 Å². The van der Waals surface area contributed by atoms with E-state index in [1.807, 2.05) is 13.0 Å². The molecular formula is C19H27NO3. The maximum absolute atomic E-state index is 12.5. The highest BCUT2D eigenvalue weighted by Crippen LogP contribution is 2.55. The molecule has 1 heterocycles. The maximum Gasteiger partial charge on any atom is 0.315 e. The van der Waals surface area contributed by atoms with E-state index >= 15 is 0 Å². The Morgan fingerprint density at radius 3 is 2.65 bits per heavy atom. The molecule has 1 aliphatic heterocycles. The molecule has 3 rings (SSSR count). The van der Waals surface area contributed by atoms with Crippen molar-refractivity contribution in [3.8, 4) is 0 Å². The fourth-order valence-corrected chi connectivity index (χ4v) is 4.91. The van der Waals surface area contributed by atoms with Crippen LogP contribution in [-0.4, -0.2) is 48.3 Å². The Morgan fingerprint density at radius 1 is 1.35 bits per heavy atom. The SMILES string of the molecule is CCOC(=O)[C@@]1(C)CN(C)[C@H]2[C@H](c3ccccc3C2(C)C)[C@@H]1O. The number of piperidine rings is 1. The number of likely N-dealkylation sites (N-methyl/N-ethyl adjacent to an activating group) is 1. The molecule has 4 nitrogen and oxygen atoms in total. The van der Waals surface area contributed by atoms with E-state index < -0.39 is 11.5 Å². The molecule has 23 heavy (non-hydrogen) atoms. The molecule has 1 aliphatic carbocycles. The lowest BCUT2D eigenvalue weighted by atomic mass is 9.67.